The van der Waals surface area contributed by atoms with Crippen LogP contribution >= 0.6 is 0 Å². The molecule has 1 aliphatic carbocycles. The van der Waals surface area contributed by atoms with E-state index in [0.29, 0.717) is 5.36 Å². The van der Waals surface area contributed by atoms with Gasteiger partial charge in [-0.05, 0) is 25.0 Å². The van der Waals surface area contributed by atoms with Crippen molar-refractivity contribution < 1.29 is 5.21 Å². The van der Waals surface area contributed by atoms with Crippen LogP contribution in [0.5, 0.6) is 0 Å². The van der Waals surface area contributed by atoms with Crippen LogP contribution in [-0.4, -0.2) is 28.2 Å². The molecule has 0 saturated carbocycles. The predicted octanol–water partition coefficient (Wildman–Crippen LogP) is 1.30. The van der Waals surface area contributed by atoms with E-state index in [0.717, 1.165) is 34.7 Å². The normalized spacial score (nSPS) is 15.6. The SMILES string of the molecule is N=c1ccc(N2CCCC2)c2cnn(O)cc1-2. The monoisotopic (exact) mass is 230 g/mol. The Balaban J connectivity index is 2.20. The summed E-state index contributed by atoms with van der Waals surface area (Å²) in [4.78, 5) is 3.07. The maximum Gasteiger partial charge on any atom is 0.0749 e. The minimum Gasteiger partial charge on any atom is -0.412 e. The van der Waals surface area contributed by atoms with Crippen molar-refractivity contribution in [3.05, 3.63) is 29.9 Å². The zero-order valence-corrected chi connectivity index (χ0v) is 9.43. The number of benzene rings is 1. The summed E-state index contributed by atoms with van der Waals surface area (Å²) in [5.41, 5.74) is 2.78. The predicted molar refractivity (Wildman–Crippen MR) is 63.3 cm³/mol. The van der Waals surface area contributed by atoms with E-state index in [2.05, 4.69) is 10.00 Å². The second-order valence-electron chi connectivity index (χ2n) is 4.35. The summed E-state index contributed by atoms with van der Waals surface area (Å²) in [5, 5.41) is 21.4. The van der Waals surface area contributed by atoms with Gasteiger partial charge in [-0.15, -0.1) is 9.94 Å². The average molecular weight is 230 g/mol. The highest BCUT2D eigenvalue weighted by molar-refractivity contribution is 5.78. The Hall–Kier alpha value is -2.04. The van der Waals surface area contributed by atoms with E-state index in [1.807, 2.05) is 6.07 Å². The molecule has 5 heteroatoms. The van der Waals surface area contributed by atoms with Crippen molar-refractivity contribution in [1.82, 2.24) is 9.94 Å². The van der Waals surface area contributed by atoms with Crippen molar-refractivity contribution in [2.24, 2.45) is 0 Å². The van der Waals surface area contributed by atoms with Crippen LogP contribution in [0.2, 0.25) is 0 Å². The van der Waals surface area contributed by atoms with Crippen molar-refractivity contribution in [2.45, 2.75) is 12.8 Å². The molecule has 2 aliphatic heterocycles. The summed E-state index contributed by atoms with van der Waals surface area (Å²) in [6.07, 6.45) is 5.53. The van der Waals surface area contributed by atoms with Crippen molar-refractivity contribution in [3.63, 3.8) is 0 Å². The summed E-state index contributed by atoms with van der Waals surface area (Å²) < 4.78 is 0. The van der Waals surface area contributed by atoms with Crippen LogP contribution in [0, 0.1) is 5.41 Å². The van der Waals surface area contributed by atoms with Gasteiger partial charge in [0.05, 0.1) is 17.8 Å². The van der Waals surface area contributed by atoms with Gasteiger partial charge in [0.1, 0.15) is 0 Å². The number of aromatic nitrogens is 2. The third-order valence-corrected chi connectivity index (χ3v) is 3.26. The Bertz CT molecular complexity index is 571. The largest absolute Gasteiger partial charge is 0.412 e. The molecule has 3 rings (SSSR count). The van der Waals surface area contributed by atoms with Gasteiger partial charge in [-0.2, -0.15) is 0 Å². The van der Waals surface area contributed by atoms with Gasteiger partial charge in [0.25, 0.3) is 0 Å². The quantitative estimate of drug-likeness (QED) is 0.726. The fraction of sp³-hybridized carbons (Fsp3) is 0.333. The number of nitrogens with one attached hydrogen (secondary N) is 1. The fourth-order valence-corrected chi connectivity index (χ4v) is 2.40. The molecule has 0 radical (unpaired) electrons. The van der Waals surface area contributed by atoms with Crippen LogP contribution in [0.3, 0.4) is 0 Å². The molecule has 0 aromatic rings. The number of fused-ring (bicyclic) bond motifs is 1. The minimum absolute atomic E-state index is 0.410. The molecule has 0 aromatic carbocycles. The van der Waals surface area contributed by atoms with E-state index in [1.165, 1.54) is 19.0 Å². The second kappa shape index (κ2) is 3.76. The van der Waals surface area contributed by atoms with Crippen LogP contribution in [0.1, 0.15) is 12.8 Å². The first-order valence-corrected chi connectivity index (χ1v) is 5.76. The van der Waals surface area contributed by atoms with Gasteiger partial charge in [-0.25, -0.2) is 0 Å². The van der Waals surface area contributed by atoms with E-state index < -0.39 is 0 Å². The van der Waals surface area contributed by atoms with E-state index in [1.54, 1.807) is 12.3 Å². The first-order chi connectivity index (χ1) is 8.25. The van der Waals surface area contributed by atoms with Crippen LogP contribution in [0.25, 0.3) is 11.1 Å². The Morgan fingerprint density at radius 1 is 1.18 bits per heavy atom. The minimum atomic E-state index is 0.410. The summed E-state index contributed by atoms with van der Waals surface area (Å²) in [7, 11) is 0. The number of hydrogen-bond acceptors (Lipinski definition) is 4. The molecule has 0 aromatic heterocycles. The third-order valence-electron chi connectivity index (χ3n) is 3.26. The lowest BCUT2D eigenvalue weighted by molar-refractivity contribution is 0.144. The average Bonchev–Trinajstić information content (AvgIpc) is 2.84. The summed E-state index contributed by atoms with van der Waals surface area (Å²) >= 11 is 0. The highest BCUT2D eigenvalue weighted by atomic mass is 16.5. The van der Waals surface area contributed by atoms with Crippen molar-refractivity contribution in [2.75, 3.05) is 18.0 Å². The number of anilines is 1. The van der Waals surface area contributed by atoms with E-state index in [4.69, 9.17) is 5.41 Å². The van der Waals surface area contributed by atoms with E-state index >= 15 is 0 Å². The van der Waals surface area contributed by atoms with Gasteiger partial charge in [-0.3, -0.25) is 0 Å². The molecule has 88 valence electrons. The molecule has 17 heavy (non-hydrogen) atoms. The smallest absolute Gasteiger partial charge is 0.0749 e. The van der Waals surface area contributed by atoms with Crippen molar-refractivity contribution in [3.8, 4) is 11.1 Å². The Morgan fingerprint density at radius 3 is 2.71 bits per heavy atom. The van der Waals surface area contributed by atoms with Gasteiger partial charge < -0.3 is 15.5 Å². The first kappa shape index (κ1) is 10.1. The summed E-state index contributed by atoms with van der Waals surface area (Å²) in [6.45, 7) is 2.11. The van der Waals surface area contributed by atoms with Gasteiger partial charge in [0, 0.05) is 29.9 Å². The van der Waals surface area contributed by atoms with Gasteiger partial charge in [0.2, 0.25) is 0 Å². The molecule has 0 unspecified atom stereocenters. The van der Waals surface area contributed by atoms with Crippen molar-refractivity contribution >= 4 is 5.69 Å². The highest BCUT2D eigenvalue weighted by Gasteiger charge is 2.18. The summed E-state index contributed by atoms with van der Waals surface area (Å²) in [6, 6.07) is 3.75. The molecule has 2 heterocycles. The standard InChI is InChI=1S/C12H14N4O/c13-11-3-4-12(15-5-1-2-6-15)9-7-14-16(17)8-10(9)11/h3-4,7-8,13,17H,1-2,5-6H2. The molecule has 0 spiro atoms. The molecule has 2 N–H and O–H groups in total. The number of rotatable bonds is 1. The van der Waals surface area contributed by atoms with E-state index in [-0.39, 0.29) is 0 Å². The lowest BCUT2D eigenvalue weighted by atomic mass is 10.0. The van der Waals surface area contributed by atoms with Gasteiger partial charge in [0.15, 0.2) is 0 Å². The Morgan fingerprint density at radius 2 is 1.94 bits per heavy atom. The molecule has 5 nitrogen and oxygen atoms in total. The molecule has 1 saturated heterocycles. The molecule has 1 fully saturated rings. The van der Waals surface area contributed by atoms with Crippen LogP contribution in [0.4, 0.5) is 5.69 Å². The molecule has 3 aliphatic rings. The van der Waals surface area contributed by atoms with Gasteiger partial charge in [-0.1, -0.05) is 0 Å². The van der Waals surface area contributed by atoms with Gasteiger partial charge >= 0.3 is 0 Å². The lowest BCUT2D eigenvalue weighted by Crippen LogP contribution is -2.21. The lowest BCUT2D eigenvalue weighted by Gasteiger charge is -2.22. The van der Waals surface area contributed by atoms with Crippen LogP contribution in [-0.2, 0) is 0 Å². The van der Waals surface area contributed by atoms with E-state index in [9.17, 15) is 5.21 Å². The number of hydrogen-bond donors (Lipinski definition) is 2. The van der Waals surface area contributed by atoms with Crippen LogP contribution < -0.4 is 10.3 Å². The molecule has 0 atom stereocenters. The molecular weight excluding hydrogens is 216 g/mol. The topological polar surface area (TPSA) is 65.1 Å². The highest BCUT2D eigenvalue weighted by Crippen LogP contribution is 2.30. The Labute approximate surface area is 98.7 Å². The number of nitrogens with zero attached hydrogens (tertiary/aromatic N) is 3. The summed E-state index contributed by atoms with van der Waals surface area (Å²) in [5.74, 6) is 0. The van der Waals surface area contributed by atoms with Crippen LogP contribution in [0.15, 0.2) is 24.5 Å². The fourth-order valence-electron chi connectivity index (χ4n) is 2.40. The molecule has 0 amide bonds. The third kappa shape index (κ3) is 1.63. The molecule has 0 bridgehead atoms. The zero-order valence-electron chi connectivity index (χ0n) is 9.43. The zero-order chi connectivity index (χ0) is 11.8. The van der Waals surface area contributed by atoms with Crippen molar-refractivity contribution in [1.29, 1.82) is 5.41 Å². The maximum atomic E-state index is 9.32. The Kier molecular flexibility index (Phi) is 2.24. The maximum absolute atomic E-state index is 9.32. The first-order valence-electron chi connectivity index (χ1n) is 5.76. The molecular formula is C12H14N4O. The second-order valence-corrected chi connectivity index (χ2v) is 4.35.